The Hall–Kier alpha value is -0.630. The third-order valence-electron chi connectivity index (χ3n) is 3.68. The Kier molecular flexibility index (Phi) is 4.16. The highest BCUT2D eigenvalue weighted by atomic mass is 32.1. The SMILES string of the molecule is CCCC1CCC(C(=O)c2cccs2)CC1. The Morgan fingerprint density at radius 2 is 2.12 bits per heavy atom. The molecule has 0 unspecified atom stereocenters. The van der Waals surface area contributed by atoms with Gasteiger partial charge in [-0.3, -0.25) is 4.79 Å². The number of Topliss-reactive ketones (excluding diaryl/α,β-unsaturated/α-hetero) is 1. The molecule has 1 nitrogen and oxygen atoms in total. The van der Waals surface area contributed by atoms with E-state index in [0.717, 1.165) is 23.6 Å². The molecule has 1 aliphatic rings. The van der Waals surface area contributed by atoms with Crippen LogP contribution in [0.15, 0.2) is 17.5 Å². The van der Waals surface area contributed by atoms with E-state index in [0.29, 0.717) is 11.7 Å². The second kappa shape index (κ2) is 5.62. The number of rotatable bonds is 4. The molecule has 2 heteroatoms. The first kappa shape index (κ1) is 11.8. The largest absolute Gasteiger partial charge is 0.293 e. The van der Waals surface area contributed by atoms with Gasteiger partial charge in [0.1, 0.15) is 0 Å². The van der Waals surface area contributed by atoms with E-state index in [1.807, 2.05) is 17.5 Å². The van der Waals surface area contributed by atoms with Gasteiger partial charge in [0.15, 0.2) is 5.78 Å². The maximum atomic E-state index is 12.1. The third kappa shape index (κ3) is 2.73. The lowest BCUT2D eigenvalue weighted by atomic mass is 9.78. The third-order valence-corrected chi connectivity index (χ3v) is 4.56. The molecule has 1 fully saturated rings. The average molecular weight is 236 g/mol. The van der Waals surface area contributed by atoms with Crippen LogP contribution in [0.25, 0.3) is 0 Å². The highest BCUT2D eigenvalue weighted by Crippen LogP contribution is 2.33. The monoisotopic (exact) mass is 236 g/mol. The van der Waals surface area contributed by atoms with E-state index in [4.69, 9.17) is 0 Å². The summed E-state index contributed by atoms with van der Waals surface area (Å²) in [5, 5.41) is 2.00. The minimum Gasteiger partial charge on any atom is -0.293 e. The van der Waals surface area contributed by atoms with Gasteiger partial charge in [-0.15, -0.1) is 11.3 Å². The molecule has 0 saturated heterocycles. The van der Waals surface area contributed by atoms with Gasteiger partial charge >= 0.3 is 0 Å². The second-order valence-electron chi connectivity index (χ2n) is 4.85. The highest BCUT2D eigenvalue weighted by molar-refractivity contribution is 7.12. The van der Waals surface area contributed by atoms with Gasteiger partial charge < -0.3 is 0 Å². The topological polar surface area (TPSA) is 17.1 Å². The normalized spacial score (nSPS) is 25.6. The first-order chi connectivity index (χ1) is 7.81. The molecule has 0 aliphatic heterocycles. The summed E-state index contributed by atoms with van der Waals surface area (Å²) in [4.78, 5) is 13.1. The van der Waals surface area contributed by atoms with E-state index >= 15 is 0 Å². The van der Waals surface area contributed by atoms with Crippen molar-refractivity contribution in [3.63, 3.8) is 0 Å². The van der Waals surface area contributed by atoms with Gasteiger partial charge in [-0.05, 0) is 43.0 Å². The van der Waals surface area contributed by atoms with Crippen molar-refractivity contribution < 1.29 is 4.79 Å². The molecule has 0 radical (unpaired) electrons. The van der Waals surface area contributed by atoms with Crippen LogP contribution in [0.2, 0.25) is 0 Å². The van der Waals surface area contributed by atoms with Gasteiger partial charge in [-0.2, -0.15) is 0 Å². The van der Waals surface area contributed by atoms with Crippen LogP contribution >= 0.6 is 11.3 Å². The molecule has 0 atom stereocenters. The van der Waals surface area contributed by atoms with Crippen molar-refractivity contribution in [3.05, 3.63) is 22.4 Å². The molecule has 1 saturated carbocycles. The van der Waals surface area contributed by atoms with Crippen LogP contribution in [0.4, 0.5) is 0 Å². The maximum absolute atomic E-state index is 12.1. The Labute approximate surface area is 102 Å². The molecule has 0 N–H and O–H groups in total. The lowest BCUT2D eigenvalue weighted by Crippen LogP contribution is -2.21. The van der Waals surface area contributed by atoms with Crippen LogP contribution in [0.3, 0.4) is 0 Å². The van der Waals surface area contributed by atoms with E-state index in [-0.39, 0.29) is 0 Å². The Bertz CT molecular complexity index is 321. The summed E-state index contributed by atoms with van der Waals surface area (Å²) in [7, 11) is 0. The van der Waals surface area contributed by atoms with Crippen molar-refractivity contribution in [1.82, 2.24) is 0 Å². The zero-order valence-corrected chi connectivity index (χ0v) is 10.8. The van der Waals surface area contributed by atoms with E-state index < -0.39 is 0 Å². The molecule has 16 heavy (non-hydrogen) atoms. The van der Waals surface area contributed by atoms with Gasteiger partial charge in [-0.25, -0.2) is 0 Å². The van der Waals surface area contributed by atoms with Crippen LogP contribution in [0, 0.1) is 11.8 Å². The number of hydrogen-bond donors (Lipinski definition) is 0. The van der Waals surface area contributed by atoms with Gasteiger partial charge in [0, 0.05) is 5.92 Å². The Morgan fingerprint density at radius 3 is 2.69 bits per heavy atom. The lowest BCUT2D eigenvalue weighted by Gasteiger charge is -2.27. The number of carbonyl (C=O) groups is 1. The molecular weight excluding hydrogens is 216 g/mol. The summed E-state index contributed by atoms with van der Waals surface area (Å²) in [6.07, 6.45) is 7.38. The predicted molar refractivity (Wildman–Crippen MR) is 69.0 cm³/mol. The minimum absolute atomic E-state index is 0.312. The van der Waals surface area contributed by atoms with Crippen LogP contribution < -0.4 is 0 Å². The fourth-order valence-corrected chi connectivity index (χ4v) is 3.49. The van der Waals surface area contributed by atoms with Gasteiger partial charge in [-0.1, -0.05) is 25.8 Å². The van der Waals surface area contributed by atoms with Crippen molar-refractivity contribution in [2.24, 2.45) is 11.8 Å². The fourth-order valence-electron chi connectivity index (χ4n) is 2.74. The number of ketones is 1. The van der Waals surface area contributed by atoms with Crippen molar-refractivity contribution in [3.8, 4) is 0 Å². The maximum Gasteiger partial charge on any atom is 0.175 e. The van der Waals surface area contributed by atoms with Gasteiger partial charge in [0.2, 0.25) is 0 Å². The van der Waals surface area contributed by atoms with Crippen LogP contribution in [0.5, 0.6) is 0 Å². The molecule has 0 spiro atoms. The zero-order valence-electron chi connectivity index (χ0n) is 9.95. The van der Waals surface area contributed by atoms with E-state index in [1.165, 1.54) is 25.7 Å². The fraction of sp³-hybridized carbons (Fsp3) is 0.643. The standard InChI is InChI=1S/C14H20OS/c1-2-4-11-6-8-12(9-7-11)14(15)13-5-3-10-16-13/h3,5,10-12H,2,4,6-9H2,1H3. The molecule has 2 rings (SSSR count). The van der Waals surface area contributed by atoms with E-state index in [2.05, 4.69) is 6.92 Å². The Morgan fingerprint density at radius 1 is 1.38 bits per heavy atom. The van der Waals surface area contributed by atoms with Crippen molar-refractivity contribution in [2.75, 3.05) is 0 Å². The van der Waals surface area contributed by atoms with Gasteiger partial charge in [0.25, 0.3) is 0 Å². The average Bonchev–Trinajstić information content (AvgIpc) is 2.83. The molecule has 1 aromatic rings. The van der Waals surface area contributed by atoms with Crippen molar-refractivity contribution in [1.29, 1.82) is 0 Å². The molecular formula is C14H20OS. The van der Waals surface area contributed by atoms with E-state index in [1.54, 1.807) is 11.3 Å². The summed E-state index contributed by atoms with van der Waals surface area (Å²) in [5.74, 6) is 1.59. The van der Waals surface area contributed by atoms with Crippen molar-refractivity contribution in [2.45, 2.75) is 45.4 Å². The number of thiophene rings is 1. The first-order valence-corrected chi connectivity index (χ1v) is 7.27. The smallest absolute Gasteiger partial charge is 0.175 e. The molecule has 0 bridgehead atoms. The predicted octanol–water partition coefficient (Wildman–Crippen LogP) is 4.54. The molecule has 1 aliphatic carbocycles. The highest BCUT2D eigenvalue weighted by Gasteiger charge is 2.26. The summed E-state index contributed by atoms with van der Waals surface area (Å²) in [6.45, 7) is 2.25. The lowest BCUT2D eigenvalue weighted by molar-refractivity contribution is 0.0874. The summed E-state index contributed by atoms with van der Waals surface area (Å²) in [6, 6.07) is 3.94. The van der Waals surface area contributed by atoms with Crippen LogP contribution in [-0.4, -0.2) is 5.78 Å². The molecule has 1 heterocycles. The summed E-state index contributed by atoms with van der Waals surface area (Å²) >= 11 is 1.59. The quantitative estimate of drug-likeness (QED) is 0.702. The molecule has 88 valence electrons. The molecule has 1 aromatic heterocycles. The minimum atomic E-state index is 0.312. The molecule has 0 aromatic carbocycles. The van der Waals surface area contributed by atoms with Crippen molar-refractivity contribution >= 4 is 17.1 Å². The zero-order chi connectivity index (χ0) is 11.4. The molecule has 0 amide bonds. The summed E-state index contributed by atoms with van der Waals surface area (Å²) < 4.78 is 0. The Balaban J connectivity index is 1.87. The van der Waals surface area contributed by atoms with E-state index in [9.17, 15) is 4.79 Å². The number of hydrogen-bond acceptors (Lipinski definition) is 2. The van der Waals surface area contributed by atoms with Gasteiger partial charge in [0.05, 0.1) is 4.88 Å². The summed E-state index contributed by atoms with van der Waals surface area (Å²) in [5.41, 5.74) is 0. The number of carbonyl (C=O) groups excluding carboxylic acids is 1. The van der Waals surface area contributed by atoms with Crippen LogP contribution in [0.1, 0.15) is 55.1 Å². The second-order valence-corrected chi connectivity index (χ2v) is 5.80. The van der Waals surface area contributed by atoms with Crippen LogP contribution in [-0.2, 0) is 0 Å². The first-order valence-electron chi connectivity index (χ1n) is 6.39.